The third kappa shape index (κ3) is 5.96. The highest BCUT2D eigenvalue weighted by Gasteiger charge is 2.44. The first-order chi connectivity index (χ1) is 21.7. The van der Waals surface area contributed by atoms with E-state index in [9.17, 15) is 14.0 Å². The van der Waals surface area contributed by atoms with E-state index in [2.05, 4.69) is 40.5 Å². The number of carbonyl (C=O) groups excluding carboxylic acids is 2. The van der Waals surface area contributed by atoms with E-state index in [0.29, 0.717) is 40.9 Å². The van der Waals surface area contributed by atoms with Crippen molar-refractivity contribution in [2.45, 2.75) is 58.4 Å². The van der Waals surface area contributed by atoms with Crippen LogP contribution in [0, 0.1) is 11.7 Å². The van der Waals surface area contributed by atoms with Crippen LogP contribution in [0.15, 0.2) is 60.9 Å². The number of aryl methyl sites for hydroxylation is 2. The molecule has 7 rings (SSSR count). The third-order valence-electron chi connectivity index (χ3n) is 8.40. The summed E-state index contributed by atoms with van der Waals surface area (Å²) in [6.07, 6.45) is 9.21. The van der Waals surface area contributed by atoms with E-state index >= 15 is 0 Å². The number of hydrogen-bond acceptors (Lipinski definition) is 7. The van der Waals surface area contributed by atoms with Gasteiger partial charge in [0.2, 0.25) is 0 Å². The van der Waals surface area contributed by atoms with E-state index in [1.807, 2.05) is 38.4 Å². The van der Waals surface area contributed by atoms with Crippen LogP contribution in [-0.4, -0.2) is 34.2 Å². The van der Waals surface area contributed by atoms with Crippen molar-refractivity contribution in [3.8, 4) is 10.4 Å². The first kappa shape index (κ1) is 30.5. The standard InChI is InChI=1S/C28H27FN4O2S.C8H9N/c1-15(2)11-20-19(14-34)22(21-12-17-9-10-31-26(30-4)24(17)36-21)23-25(32-20)28(3,33-27(23)35)13-16-5-7-18(29)8-6-16;1-3-7-4-2-6-9-8(7)5-1/h5-10,12,14-15H,11,13H2,1-4H3,(H,30,31)(H,33,35);2,4,6H,1,3,5H2/t28-;/m0./s1. The summed E-state index contributed by atoms with van der Waals surface area (Å²) in [7, 11) is 1.82. The molecule has 4 aromatic heterocycles. The molecular weight excluding hydrogens is 585 g/mol. The number of aldehydes is 1. The van der Waals surface area contributed by atoms with E-state index in [1.54, 1.807) is 18.3 Å². The summed E-state index contributed by atoms with van der Waals surface area (Å²) in [6.45, 7) is 6.09. The van der Waals surface area contributed by atoms with Gasteiger partial charge >= 0.3 is 0 Å². The molecule has 7 nitrogen and oxygen atoms in total. The molecule has 1 aliphatic carbocycles. The Morgan fingerprint density at radius 1 is 1.09 bits per heavy atom. The van der Waals surface area contributed by atoms with Crippen LogP contribution in [0.5, 0.6) is 0 Å². The van der Waals surface area contributed by atoms with Crippen LogP contribution >= 0.6 is 11.3 Å². The summed E-state index contributed by atoms with van der Waals surface area (Å²) in [6, 6.07) is 14.4. The van der Waals surface area contributed by atoms with Crippen molar-refractivity contribution in [2.75, 3.05) is 12.4 Å². The van der Waals surface area contributed by atoms with Gasteiger partial charge in [-0.05, 0) is 85.4 Å². The fourth-order valence-electron chi connectivity index (χ4n) is 6.34. The normalized spacial score (nSPS) is 16.6. The highest BCUT2D eigenvalue weighted by molar-refractivity contribution is 7.22. The van der Waals surface area contributed by atoms with Gasteiger partial charge in [-0.3, -0.25) is 19.6 Å². The Morgan fingerprint density at radius 3 is 2.60 bits per heavy atom. The minimum atomic E-state index is -0.805. The van der Waals surface area contributed by atoms with Crippen LogP contribution in [0.1, 0.15) is 76.1 Å². The number of nitrogens with zero attached hydrogens (tertiary/aromatic N) is 3. The average Bonchev–Trinajstić information content (AvgIpc) is 3.74. The fraction of sp³-hybridized carbons (Fsp3) is 0.306. The van der Waals surface area contributed by atoms with Gasteiger partial charge in [-0.2, -0.15) is 0 Å². The zero-order valence-electron chi connectivity index (χ0n) is 25.9. The topological polar surface area (TPSA) is 96.9 Å². The van der Waals surface area contributed by atoms with Gasteiger partial charge in [-0.15, -0.1) is 11.3 Å². The van der Waals surface area contributed by atoms with Gasteiger partial charge in [0.25, 0.3) is 5.91 Å². The predicted molar refractivity (Wildman–Crippen MR) is 178 cm³/mol. The molecule has 1 amide bonds. The molecule has 0 spiro atoms. The molecule has 1 aliphatic heterocycles. The Bertz CT molecular complexity index is 1880. The zero-order valence-corrected chi connectivity index (χ0v) is 26.7. The Hall–Kier alpha value is -4.50. The monoisotopic (exact) mass is 621 g/mol. The highest BCUT2D eigenvalue weighted by atomic mass is 32.1. The van der Waals surface area contributed by atoms with Crippen LogP contribution in [-0.2, 0) is 31.2 Å². The number of thiophene rings is 1. The lowest BCUT2D eigenvalue weighted by molar-refractivity contribution is 0.0935. The first-order valence-corrected chi connectivity index (χ1v) is 16.1. The van der Waals surface area contributed by atoms with Gasteiger partial charge < -0.3 is 10.6 Å². The number of carbonyl (C=O) groups is 2. The number of halogens is 1. The number of amides is 1. The number of benzene rings is 1. The molecule has 2 N–H and O–H groups in total. The van der Waals surface area contributed by atoms with Gasteiger partial charge in [0.15, 0.2) is 6.29 Å². The maximum absolute atomic E-state index is 13.5. The summed E-state index contributed by atoms with van der Waals surface area (Å²) in [5, 5.41) is 7.22. The number of rotatable bonds is 7. The fourth-order valence-corrected chi connectivity index (χ4v) is 7.56. The maximum Gasteiger partial charge on any atom is 0.254 e. The van der Waals surface area contributed by atoms with Crippen molar-refractivity contribution in [1.29, 1.82) is 0 Å². The second kappa shape index (κ2) is 12.5. The van der Waals surface area contributed by atoms with Crippen LogP contribution in [0.2, 0.25) is 0 Å². The van der Waals surface area contributed by atoms with Gasteiger partial charge in [0, 0.05) is 47.6 Å². The van der Waals surface area contributed by atoms with Crippen molar-refractivity contribution in [2.24, 2.45) is 5.92 Å². The summed E-state index contributed by atoms with van der Waals surface area (Å²) in [5.41, 5.74) is 5.66. The van der Waals surface area contributed by atoms with Crippen molar-refractivity contribution < 1.29 is 14.0 Å². The van der Waals surface area contributed by atoms with E-state index < -0.39 is 5.54 Å². The van der Waals surface area contributed by atoms with E-state index in [1.165, 1.54) is 54.0 Å². The first-order valence-electron chi connectivity index (χ1n) is 15.3. The second-order valence-corrected chi connectivity index (χ2v) is 13.3. The molecule has 0 radical (unpaired) electrons. The average molecular weight is 622 g/mol. The number of fused-ring (bicyclic) bond motifs is 3. The number of anilines is 1. The molecule has 45 heavy (non-hydrogen) atoms. The maximum atomic E-state index is 13.5. The highest BCUT2D eigenvalue weighted by Crippen LogP contribution is 2.45. The van der Waals surface area contributed by atoms with Crippen LogP contribution in [0.3, 0.4) is 0 Å². The second-order valence-electron chi connectivity index (χ2n) is 12.3. The molecule has 1 aromatic carbocycles. The smallest absolute Gasteiger partial charge is 0.254 e. The van der Waals surface area contributed by atoms with E-state index in [4.69, 9.17) is 4.98 Å². The van der Waals surface area contributed by atoms with Crippen LogP contribution < -0.4 is 10.6 Å². The van der Waals surface area contributed by atoms with Gasteiger partial charge in [0.05, 0.1) is 27.2 Å². The van der Waals surface area contributed by atoms with E-state index in [-0.39, 0.29) is 17.6 Å². The minimum Gasteiger partial charge on any atom is -0.372 e. The lowest BCUT2D eigenvalue weighted by Crippen LogP contribution is -2.39. The quantitative estimate of drug-likeness (QED) is 0.185. The number of pyridine rings is 3. The van der Waals surface area contributed by atoms with Crippen molar-refractivity contribution in [3.63, 3.8) is 0 Å². The number of aromatic nitrogens is 3. The van der Waals surface area contributed by atoms with Crippen molar-refractivity contribution in [1.82, 2.24) is 20.3 Å². The zero-order chi connectivity index (χ0) is 31.7. The third-order valence-corrected chi connectivity index (χ3v) is 9.58. The number of nitrogens with one attached hydrogen (secondary N) is 2. The molecule has 9 heteroatoms. The van der Waals surface area contributed by atoms with E-state index in [0.717, 1.165) is 32.6 Å². The Kier molecular flexibility index (Phi) is 8.46. The lowest BCUT2D eigenvalue weighted by Gasteiger charge is -2.26. The molecule has 1 atom stereocenters. The Labute approximate surface area is 266 Å². The Balaban J connectivity index is 0.000000337. The number of hydrogen-bond donors (Lipinski definition) is 2. The molecule has 5 heterocycles. The van der Waals surface area contributed by atoms with Crippen LogP contribution in [0.4, 0.5) is 10.2 Å². The lowest BCUT2D eigenvalue weighted by atomic mass is 9.86. The summed E-state index contributed by atoms with van der Waals surface area (Å²) in [4.78, 5) is 40.5. The summed E-state index contributed by atoms with van der Waals surface area (Å²) in [5.74, 6) is 0.434. The van der Waals surface area contributed by atoms with Crippen molar-refractivity contribution in [3.05, 3.63) is 106 Å². The molecule has 0 fully saturated rings. The molecule has 230 valence electrons. The van der Waals surface area contributed by atoms with Crippen molar-refractivity contribution >= 4 is 39.4 Å². The van der Waals surface area contributed by atoms with Gasteiger partial charge in [-0.25, -0.2) is 9.37 Å². The summed E-state index contributed by atoms with van der Waals surface area (Å²) >= 11 is 1.50. The molecule has 0 bridgehead atoms. The molecule has 0 saturated heterocycles. The minimum absolute atomic E-state index is 0.262. The predicted octanol–water partition coefficient (Wildman–Crippen LogP) is 7.32. The molecule has 0 saturated carbocycles. The largest absolute Gasteiger partial charge is 0.372 e. The molecule has 2 aliphatic rings. The SMILES string of the molecule is CNc1nccc2cc(-c3c(C=O)c(CC(C)C)nc4c3C(=O)N[C@@]4(C)Cc3ccc(F)cc3)sc12.c1cnc2c(c1)CCC2. The summed E-state index contributed by atoms with van der Waals surface area (Å²) < 4.78 is 14.5. The van der Waals surface area contributed by atoms with Gasteiger partial charge in [-0.1, -0.05) is 32.0 Å². The Morgan fingerprint density at radius 2 is 1.89 bits per heavy atom. The molecule has 5 aromatic rings. The van der Waals surface area contributed by atoms with Crippen LogP contribution in [0.25, 0.3) is 20.5 Å². The molecular formula is C36H36FN5O2S. The van der Waals surface area contributed by atoms with Gasteiger partial charge in [0.1, 0.15) is 11.6 Å². The molecule has 0 unspecified atom stereocenters.